The van der Waals surface area contributed by atoms with E-state index in [0.29, 0.717) is 6.42 Å². The fourth-order valence-corrected chi connectivity index (χ4v) is 2.82. The minimum absolute atomic E-state index is 0.154. The lowest BCUT2D eigenvalue weighted by Gasteiger charge is -2.02. The Morgan fingerprint density at radius 1 is 1.29 bits per heavy atom. The van der Waals surface area contributed by atoms with Crippen LogP contribution in [0.5, 0.6) is 0 Å². The number of hydrogen-bond donors (Lipinski definition) is 0. The molecular formula is C14H13FOS. The number of carbonyl (C=O) groups excluding carboxylic acids is 1. The lowest BCUT2D eigenvalue weighted by molar-refractivity contribution is 0.0992. The Labute approximate surface area is 104 Å². The van der Waals surface area contributed by atoms with Crippen molar-refractivity contribution in [3.8, 4) is 10.4 Å². The second kappa shape index (κ2) is 4.80. The first-order valence-corrected chi connectivity index (χ1v) is 6.33. The van der Waals surface area contributed by atoms with E-state index < -0.39 is 0 Å². The van der Waals surface area contributed by atoms with Gasteiger partial charge in [-0.2, -0.15) is 0 Å². The van der Waals surface area contributed by atoms with Crippen molar-refractivity contribution in [2.75, 3.05) is 0 Å². The van der Waals surface area contributed by atoms with E-state index in [1.54, 1.807) is 6.07 Å². The van der Waals surface area contributed by atoms with Crippen molar-refractivity contribution in [2.24, 2.45) is 0 Å². The van der Waals surface area contributed by atoms with Crippen LogP contribution in [-0.2, 0) is 0 Å². The van der Waals surface area contributed by atoms with Gasteiger partial charge in [0.25, 0.3) is 0 Å². The molecule has 0 bridgehead atoms. The van der Waals surface area contributed by atoms with Crippen molar-refractivity contribution in [2.45, 2.75) is 20.3 Å². The van der Waals surface area contributed by atoms with Gasteiger partial charge in [-0.05, 0) is 42.3 Å². The maximum absolute atomic E-state index is 13.0. The molecule has 1 aromatic carbocycles. The molecular weight excluding hydrogens is 235 g/mol. The first-order chi connectivity index (χ1) is 8.11. The molecule has 88 valence electrons. The average molecular weight is 248 g/mol. The molecule has 0 spiro atoms. The number of aryl methyl sites for hydroxylation is 1. The molecule has 0 amide bonds. The zero-order valence-corrected chi connectivity index (χ0v) is 10.6. The number of carbonyl (C=O) groups is 1. The van der Waals surface area contributed by atoms with E-state index in [9.17, 15) is 9.18 Å². The summed E-state index contributed by atoms with van der Waals surface area (Å²) < 4.78 is 13.0. The summed E-state index contributed by atoms with van der Waals surface area (Å²) in [7, 11) is 0. The van der Waals surface area contributed by atoms with Crippen molar-refractivity contribution in [3.63, 3.8) is 0 Å². The van der Waals surface area contributed by atoms with Gasteiger partial charge in [-0.1, -0.05) is 13.0 Å². The molecule has 0 N–H and O–H groups in total. The maximum Gasteiger partial charge on any atom is 0.172 e. The van der Waals surface area contributed by atoms with E-state index in [1.807, 2.05) is 26.0 Å². The normalized spacial score (nSPS) is 10.5. The molecule has 1 nitrogen and oxygen atoms in total. The third kappa shape index (κ3) is 2.44. The van der Waals surface area contributed by atoms with E-state index in [4.69, 9.17) is 0 Å². The average Bonchev–Trinajstić information content (AvgIpc) is 2.77. The minimum Gasteiger partial charge on any atom is -0.293 e. The van der Waals surface area contributed by atoms with E-state index >= 15 is 0 Å². The van der Waals surface area contributed by atoms with Crippen LogP contribution >= 0.6 is 11.3 Å². The van der Waals surface area contributed by atoms with Crippen LogP contribution in [0.3, 0.4) is 0 Å². The van der Waals surface area contributed by atoms with Gasteiger partial charge in [0, 0.05) is 11.3 Å². The monoisotopic (exact) mass is 248 g/mol. The van der Waals surface area contributed by atoms with Gasteiger partial charge in [0.05, 0.1) is 4.88 Å². The van der Waals surface area contributed by atoms with Crippen molar-refractivity contribution in [1.82, 2.24) is 0 Å². The fourth-order valence-electron chi connectivity index (χ4n) is 1.71. The largest absolute Gasteiger partial charge is 0.293 e. The van der Waals surface area contributed by atoms with Gasteiger partial charge in [0.1, 0.15) is 5.82 Å². The van der Waals surface area contributed by atoms with Crippen molar-refractivity contribution in [1.29, 1.82) is 0 Å². The highest BCUT2D eigenvalue weighted by Gasteiger charge is 2.10. The molecule has 0 aliphatic carbocycles. The lowest BCUT2D eigenvalue weighted by atomic mass is 10.1. The van der Waals surface area contributed by atoms with Crippen LogP contribution in [0.25, 0.3) is 10.4 Å². The summed E-state index contributed by atoms with van der Waals surface area (Å²) in [5, 5.41) is 0. The van der Waals surface area contributed by atoms with E-state index in [-0.39, 0.29) is 11.6 Å². The molecule has 17 heavy (non-hydrogen) atoms. The van der Waals surface area contributed by atoms with Crippen molar-refractivity contribution in [3.05, 3.63) is 46.6 Å². The minimum atomic E-state index is -0.229. The third-order valence-electron chi connectivity index (χ3n) is 2.66. The van der Waals surface area contributed by atoms with Crippen molar-refractivity contribution < 1.29 is 9.18 Å². The highest BCUT2D eigenvalue weighted by molar-refractivity contribution is 7.17. The molecule has 0 aliphatic rings. The van der Waals surface area contributed by atoms with Crippen LogP contribution < -0.4 is 0 Å². The van der Waals surface area contributed by atoms with Crippen LogP contribution in [0.15, 0.2) is 30.3 Å². The van der Waals surface area contributed by atoms with Gasteiger partial charge in [-0.3, -0.25) is 4.79 Å². The Hall–Kier alpha value is -1.48. The van der Waals surface area contributed by atoms with Gasteiger partial charge in [-0.15, -0.1) is 11.3 Å². The molecule has 0 saturated carbocycles. The maximum atomic E-state index is 13.0. The van der Waals surface area contributed by atoms with Gasteiger partial charge in [-0.25, -0.2) is 4.39 Å². The Morgan fingerprint density at radius 3 is 2.71 bits per heavy atom. The van der Waals surface area contributed by atoms with Crippen LogP contribution in [-0.4, -0.2) is 5.78 Å². The van der Waals surface area contributed by atoms with Gasteiger partial charge in [0.15, 0.2) is 5.78 Å². The van der Waals surface area contributed by atoms with Crippen molar-refractivity contribution >= 4 is 17.1 Å². The quantitative estimate of drug-likeness (QED) is 0.733. The Bertz CT molecular complexity index is 557. The fraction of sp³-hybridized carbons (Fsp3) is 0.214. The van der Waals surface area contributed by atoms with Gasteiger partial charge >= 0.3 is 0 Å². The summed E-state index contributed by atoms with van der Waals surface area (Å²) in [6.45, 7) is 3.73. The van der Waals surface area contributed by atoms with Crippen LogP contribution in [0.1, 0.15) is 28.6 Å². The van der Waals surface area contributed by atoms with Crippen LogP contribution in [0.4, 0.5) is 4.39 Å². The molecule has 0 unspecified atom stereocenters. The second-order valence-corrected chi connectivity index (χ2v) is 4.98. The first kappa shape index (κ1) is 12.0. The topological polar surface area (TPSA) is 17.1 Å². The van der Waals surface area contributed by atoms with E-state index in [0.717, 1.165) is 20.9 Å². The SMILES string of the molecule is CCC(=O)c1ccc(-c2ccc(F)cc2C)s1. The zero-order valence-electron chi connectivity index (χ0n) is 9.79. The lowest BCUT2D eigenvalue weighted by Crippen LogP contribution is -1.90. The van der Waals surface area contributed by atoms with Crippen LogP contribution in [0, 0.1) is 12.7 Å². The molecule has 2 aromatic rings. The van der Waals surface area contributed by atoms with Crippen LogP contribution in [0.2, 0.25) is 0 Å². The summed E-state index contributed by atoms with van der Waals surface area (Å²) in [5.74, 6) is -0.0753. The molecule has 0 radical (unpaired) electrons. The smallest absolute Gasteiger partial charge is 0.172 e. The molecule has 1 heterocycles. The summed E-state index contributed by atoms with van der Waals surface area (Å²) in [6, 6.07) is 8.48. The number of hydrogen-bond acceptors (Lipinski definition) is 2. The van der Waals surface area contributed by atoms with Gasteiger partial charge in [0.2, 0.25) is 0 Å². The second-order valence-electron chi connectivity index (χ2n) is 3.90. The number of rotatable bonds is 3. The summed E-state index contributed by atoms with van der Waals surface area (Å²) in [4.78, 5) is 13.3. The molecule has 0 aliphatic heterocycles. The van der Waals surface area contributed by atoms with E-state index in [1.165, 1.54) is 23.5 Å². The Kier molecular flexibility index (Phi) is 3.38. The summed E-state index contributed by atoms with van der Waals surface area (Å²) in [6.07, 6.45) is 0.516. The number of Topliss-reactive ketones (excluding diaryl/α,β-unsaturated/α-hetero) is 1. The number of halogens is 1. The molecule has 2 rings (SSSR count). The molecule has 0 fully saturated rings. The third-order valence-corrected chi connectivity index (χ3v) is 3.82. The zero-order chi connectivity index (χ0) is 12.4. The highest BCUT2D eigenvalue weighted by atomic mass is 32.1. The summed E-state index contributed by atoms with van der Waals surface area (Å²) >= 11 is 1.47. The van der Waals surface area contributed by atoms with Gasteiger partial charge < -0.3 is 0 Å². The number of thiophene rings is 1. The first-order valence-electron chi connectivity index (χ1n) is 5.51. The Balaban J connectivity index is 2.40. The predicted molar refractivity (Wildman–Crippen MR) is 69.1 cm³/mol. The molecule has 3 heteroatoms. The number of ketones is 1. The molecule has 1 aromatic heterocycles. The molecule has 0 saturated heterocycles. The summed E-state index contributed by atoms with van der Waals surface area (Å²) in [5.41, 5.74) is 1.88. The van der Waals surface area contributed by atoms with E-state index in [2.05, 4.69) is 0 Å². The number of benzene rings is 1. The standard InChI is InChI=1S/C14H13FOS/c1-3-12(16)14-7-6-13(17-14)11-5-4-10(15)8-9(11)2/h4-8H,3H2,1-2H3. The molecule has 0 atom stereocenters. The highest BCUT2D eigenvalue weighted by Crippen LogP contribution is 2.31. The predicted octanol–water partition coefficient (Wildman–Crippen LogP) is 4.46. The Morgan fingerprint density at radius 2 is 2.06 bits per heavy atom.